The highest BCUT2D eigenvalue weighted by Crippen LogP contribution is 2.37. The van der Waals surface area contributed by atoms with E-state index in [2.05, 4.69) is 11.4 Å². The van der Waals surface area contributed by atoms with Gasteiger partial charge >= 0.3 is 0 Å². The minimum absolute atomic E-state index is 0. The third-order valence-corrected chi connectivity index (χ3v) is 5.72. The molecule has 0 aliphatic carbocycles. The van der Waals surface area contributed by atoms with Crippen LogP contribution in [-0.2, 0) is 19.6 Å². The van der Waals surface area contributed by atoms with Crippen molar-refractivity contribution >= 4 is 47.2 Å². The molecule has 4 nitrogen and oxygen atoms in total. The average Bonchev–Trinajstić information content (AvgIpc) is 2.78. The molecule has 0 unspecified atom stereocenters. The number of nitrogens with one attached hydrogen (secondary N) is 1. The fraction of sp³-hybridized carbons (Fsp3) is 0.280. The van der Waals surface area contributed by atoms with Gasteiger partial charge in [-0.1, -0.05) is 59.1 Å². The van der Waals surface area contributed by atoms with Crippen LogP contribution in [0.25, 0.3) is 0 Å². The Balaban J connectivity index is 0.00000385. The van der Waals surface area contributed by atoms with E-state index >= 15 is 0 Å². The van der Waals surface area contributed by atoms with Crippen LogP contribution in [0.3, 0.4) is 0 Å². The largest absolute Gasteiger partial charge is 0.496 e. The van der Waals surface area contributed by atoms with E-state index in [0.29, 0.717) is 39.7 Å². The first-order valence-corrected chi connectivity index (χ1v) is 11.5. The number of methoxy groups -OCH3 is 1. The topological polar surface area (TPSA) is 39.7 Å². The molecule has 0 saturated carbocycles. The summed E-state index contributed by atoms with van der Waals surface area (Å²) in [7, 11) is 1.69. The van der Waals surface area contributed by atoms with Crippen molar-refractivity contribution in [2.45, 2.75) is 26.5 Å². The van der Waals surface area contributed by atoms with Gasteiger partial charge in [0, 0.05) is 22.2 Å². The molecular weight excluding hydrogens is 504 g/mol. The van der Waals surface area contributed by atoms with Crippen molar-refractivity contribution in [2.24, 2.45) is 0 Å². The zero-order valence-corrected chi connectivity index (χ0v) is 21.6. The molecule has 8 heteroatoms. The predicted molar refractivity (Wildman–Crippen MR) is 139 cm³/mol. The summed E-state index contributed by atoms with van der Waals surface area (Å²) in [4.78, 5) is 0. The maximum absolute atomic E-state index is 6.55. The van der Waals surface area contributed by atoms with Crippen molar-refractivity contribution in [1.29, 1.82) is 0 Å². The van der Waals surface area contributed by atoms with Crippen molar-refractivity contribution < 1.29 is 14.2 Å². The van der Waals surface area contributed by atoms with Crippen LogP contribution in [0.4, 0.5) is 0 Å². The lowest BCUT2D eigenvalue weighted by atomic mass is 10.1. The molecule has 3 rings (SSSR count). The van der Waals surface area contributed by atoms with Crippen LogP contribution in [0.2, 0.25) is 15.1 Å². The molecule has 0 fully saturated rings. The lowest BCUT2D eigenvalue weighted by Crippen LogP contribution is -2.17. The molecule has 0 aromatic heterocycles. The Kier molecular flexibility index (Phi) is 11.5. The lowest BCUT2D eigenvalue weighted by molar-refractivity contribution is 0.269. The molecule has 1 N–H and O–H groups in total. The third-order valence-electron chi connectivity index (χ3n) is 4.85. The number of para-hydroxylation sites is 1. The first-order valence-electron chi connectivity index (χ1n) is 10.4. The summed E-state index contributed by atoms with van der Waals surface area (Å²) in [6.07, 6.45) is 0.860. The quantitative estimate of drug-likeness (QED) is 0.262. The smallest absolute Gasteiger partial charge is 0.180 e. The van der Waals surface area contributed by atoms with Gasteiger partial charge in [-0.3, -0.25) is 0 Å². The van der Waals surface area contributed by atoms with E-state index in [0.717, 1.165) is 29.8 Å². The molecule has 0 amide bonds. The third kappa shape index (κ3) is 7.87. The van der Waals surface area contributed by atoms with Gasteiger partial charge in [0.05, 0.1) is 18.7 Å². The fourth-order valence-electron chi connectivity index (χ4n) is 3.28. The molecule has 3 aromatic carbocycles. The van der Waals surface area contributed by atoms with E-state index in [-0.39, 0.29) is 19.0 Å². The molecule has 0 aliphatic rings. The van der Waals surface area contributed by atoms with Gasteiger partial charge in [0.15, 0.2) is 11.5 Å². The zero-order chi connectivity index (χ0) is 22.9. The molecule has 3 aromatic rings. The van der Waals surface area contributed by atoms with Crippen LogP contribution in [0, 0.1) is 0 Å². The molecule has 178 valence electrons. The Morgan fingerprint density at radius 1 is 0.848 bits per heavy atom. The molecule has 0 heterocycles. The summed E-state index contributed by atoms with van der Waals surface area (Å²) in [5.74, 6) is 2.00. The first-order chi connectivity index (χ1) is 15.5. The Labute approximate surface area is 216 Å². The highest BCUT2D eigenvalue weighted by molar-refractivity contribution is 6.35. The number of hydrogen-bond acceptors (Lipinski definition) is 4. The van der Waals surface area contributed by atoms with E-state index in [1.807, 2.05) is 43.3 Å². The summed E-state index contributed by atoms with van der Waals surface area (Å²) < 4.78 is 17.2. The van der Waals surface area contributed by atoms with Crippen LogP contribution in [-0.4, -0.2) is 20.3 Å². The average molecular weight is 531 g/mol. The minimum Gasteiger partial charge on any atom is -0.496 e. The van der Waals surface area contributed by atoms with Gasteiger partial charge in [-0.25, -0.2) is 0 Å². The van der Waals surface area contributed by atoms with Crippen molar-refractivity contribution in [3.63, 3.8) is 0 Å². The van der Waals surface area contributed by atoms with Crippen molar-refractivity contribution in [3.05, 3.63) is 86.4 Å². The maximum Gasteiger partial charge on any atom is 0.180 e. The van der Waals surface area contributed by atoms with Gasteiger partial charge in [-0.15, -0.1) is 12.4 Å². The minimum atomic E-state index is 0. The summed E-state index contributed by atoms with van der Waals surface area (Å²) in [6, 6.07) is 17.2. The molecule has 33 heavy (non-hydrogen) atoms. The molecule has 0 spiro atoms. The van der Waals surface area contributed by atoms with Gasteiger partial charge in [-0.05, 0) is 61.3 Å². The standard InChI is InChI=1S/C25H26Cl3NO3.ClH/c1-3-31-24-13-17(15-29-11-10-18-6-4-5-7-23(18)30-2)12-22(28)25(24)32-16-19-8-9-20(26)14-21(19)27;/h4-9,12-14,29H,3,10-11,15-16H2,1-2H3;1H. The molecular formula is C25H27Cl4NO3. The van der Waals surface area contributed by atoms with Crippen LogP contribution < -0.4 is 19.5 Å². The predicted octanol–water partition coefficient (Wildman–Crippen LogP) is 7.39. The molecule has 0 bridgehead atoms. The molecule has 0 atom stereocenters. The zero-order valence-electron chi connectivity index (χ0n) is 18.5. The van der Waals surface area contributed by atoms with Gasteiger partial charge in [0.2, 0.25) is 0 Å². The number of halogens is 4. The number of ether oxygens (including phenoxy) is 3. The van der Waals surface area contributed by atoms with E-state index in [9.17, 15) is 0 Å². The second kappa shape index (κ2) is 13.8. The van der Waals surface area contributed by atoms with Crippen LogP contribution in [0.5, 0.6) is 17.2 Å². The summed E-state index contributed by atoms with van der Waals surface area (Å²) in [5, 5.41) is 5.06. The fourth-order valence-corrected chi connectivity index (χ4v) is 4.03. The maximum atomic E-state index is 6.55. The van der Waals surface area contributed by atoms with E-state index < -0.39 is 0 Å². The molecule has 0 radical (unpaired) electrons. The normalized spacial score (nSPS) is 10.5. The molecule has 0 aliphatic heterocycles. The first kappa shape index (κ1) is 27.4. The summed E-state index contributed by atoms with van der Waals surface area (Å²) >= 11 is 18.8. The van der Waals surface area contributed by atoms with E-state index in [1.54, 1.807) is 19.2 Å². The Morgan fingerprint density at radius 2 is 1.64 bits per heavy atom. The van der Waals surface area contributed by atoms with Gasteiger partial charge in [-0.2, -0.15) is 0 Å². The van der Waals surface area contributed by atoms with Crippen molar-refractivity contribution in [3.8, 4) is 17.2 Å². The van der Waals surface area contributed by atoms with Gasteiger partial charge in [0.1, 0.15) is 12.4 Å². The van der Waals surface area contributed by atoms with Crippen molar-refractivity contribution in [1.82, 2.24) is 5.32 Å². The Morgan fingerprint density at radius 3 is 2.36 bits per heavy atom. The monoisotopic (exact) mass is 529 g/mol. The van der Waals surface area contributed by atoms with Crippen LogP contribution in [0.15, 0.2) is 54.6 Å². The number of benzene rings is 3. The summed E-state index contributed by atoms with van der Waals surface area (Å²) in [6.45, 7) is 4.13. The van der Waals surface area contributed by atoms with Gasteiger partial charge < -0.3 is 19.5 Å². The van der Waals surface area contributed by atoms with Crippen LogP contribution >= 0.6 is 47.2 Å². The molecule has 0 saturated heterocycles. The van der Waals surface area contributed by atoms with Gasteiger partial charge in [0.25, 0.3) is 0 Å². The van der Waals surface area contributed by atoms with Crippen molar-refractivity contribution in [2.75, 3.05) is 20.3 Å². The highest BCUT2D eigenvalue weighted by atomic mass is 35.5. The second-order valence-electron chi connectivity index (χ2n) is 7.10. The SMILES string of the molecule is CCOc1cc(CNCCc2ccccc2OC)cc(Cl)c1OCc1ccc(Cl)cc1Cl.Cl. The Bertz CT molecular complexity index is 1050. The Hall–Kier alpha value is -1.82. The lowest BCUT2D eigenvalue weighted by Gasteiger charge is -2.16. The van der Waals surface area contributed by atoms with E-state index in [4.69, 9.17) is 49.0 Å². The highest BCUT2D eigenvalue weighted by Gasteiger charge is 2.14. The summed E-state index contributed by atoms with van der Waals surface area (Å²) in [5.41, 5.74) is 2.99. The van der Waals surface area contributed by atoms with E-state index in [1.165, 1.54) is 5.56 Å². The second-order valence-corrected chi connectivity index (χ2v) is 8.35. The van der Waals surface area contributed by atoms with Crippen LogP contribution in [0.1, 0.15) is 23.6 Å². The number of rotatable bonds is 11. The number of hydrogen-bond donors (Lipinski definition) is 1.